The molecular weight excluding hydrogens is 290 g/mol. The van der Waals surface area contributed by atoms with Gasteiger partial charge in [0.2, 0.25) is 0 Å². The first kappa shape index (κ1) is 15.6. The van der Waals surface area contributed by atoms with Gasteiger partial charge in [0, 0.05) is 35.0 Å². The topological polar surface area (TPSA) is 69.6 Å². The number of rotatable bonds is 2. The molecule has 1 heterocycles. The summed E-state index contributed by atoms with van der Waals surface area (Å²) in [5.41, 5.74) is 1.42. The van der Waals surface area contributed by atoms with E-state index in [0.29, 0.717) is 11.1 Å². The van der Waals surface area contributed by atoms with Crippen molar-refractivity contribution in [3.63, 3.8) is 0 Å². The van der Waals surface area contributed by atoms with Crippen molar-refractivity contribution < 1.29 is 15.0 Å². The minimum atomic E-state index is -0.287. The van der Waals surface area contributed by atoms with Crippen molar-refractivity contribution >= 4 is 5.78 Å². The zero-order chi connectivity index (χ0) is 16.6. The molecule has 4 nitrogen and oxygen atoms in total. The summed E-state index contributed by atoms with van der Waals surface area (Å²) in [5, 5.41) is 23.7. The Labute approximate surface area is 135 Å². The molecule has 0 radical (unpaired) electrons. The minimum Gasteiger partial charge on any atom is -0.508 e. The number of carbonyl (C=O) groups is 1. The average Bonchev–Trinajstić information content (AvgIpc) is 2.55. The van der Waals surface area contributed by atoms with Crippen LogP contribution < -0.4 is 5.32 Å². The number of nitrogens with one attached hydrogen (secondary N) is 1. The number of piperidine rings is 1. The highest BCUT2D eigenvalue weighted by molar-refractivity contribution is 5.85. The first-order valence-corrected chi connectivity index (χ1v) is 7.86. The van der Waals surface area contributed by atoms with Crippen molar-refractivity contribution in [1.82, 2.24) is 5.32 Å². The second-order valence-electron chi connectivity index (χ2n) is 6.22. The summed E-state index contributed by atoms with van der Waals surface area (Å²) in [4.78, 5) is 12.7. The van der Waals surface area contributed by atoms with Gasteiger partial charge >= 0.3 is 0 Å². The number of hydrogen-bond donors (Lipinski definition) is 3. The minimum absolute atomic E-state index is 0.130. The number of phenols is 2. The van der Waals surface area contributed by atoms with Crippen molar-refractivity contribution in [2.45, 2.75) is 25.9 Å². The molecule has 4 atom stereocenters. The van der Waals surface area contributed by atoms with Crippen LogP contribution in [0.5, 0.6) is 11.5 Å². The largest absolute Gasteiger partial charge is 0.508 e. The van der Waals surface area contributed by atoms with E-state index in [0.717, 1.165) is 0 Å². The van der Waals surface area contributed by atoms with Crippen molar-refractivity contribution in [1.29, 1.82) is 0 Å². The van der Waals surface area contributed by atoms with Gasteiger partial charge in [0.1, 0.15) is 17.3 Å². The van der Waals surface area contributed by atoms with Crippen LogP contribution in [0.15, 0.2) is 48.5 Å². The Morgan fingerprint density at radius 2 is 1.17 bits per heavy atom. The standard InChI is InChI=1S/C19H21NO3/c1-11-17(13-7-3-5-9-15(13)21)20-18(12(2)19(11)23)14-8-4-6-10-16(14)22/h3-12,17-18,20-22H,1-2H3/t11-,12+,17-,18-/m1/s1. The molecule has 120 valence electrons. The summed E-state index contributed by atoms with van der Waals surface area (Å²) < 4.78 is 0. The molecular formula is C19H21NO3. The SMILES string of the molecule is C[C@@H]1C(=O)[C@H](C)[C@H](c2ccccc2O)N[C@H]1c1ccccc1O. The number of phenolic OH excluding ortho intramolecular Hbond substituents is 2. The highest BCUT2D eigenvalue weighted by Crippen LogP contribution is 2.42. The zero-order valence-corrected chi connectivity index (χ0v) is 13.2. The molecule has 1 aliphatic rings. The molecule has 1 aliphatic heterocycles. The quantitative estimate of drug-likeness (QED) is 0.796. The van der Waals surface area contributed by atoms with E-state index in [1.54, 1.807) is 24.3 Å². The lowest BCUT2D eigenvalue weighted by Crippen LogP contribution is -2.46. The number of aromatic hydroxyl groups is 2. The van der Waals surface area contributed by atoms with Crippen LogP contribution in [0.1, 0.15) is 37.1 Å². The molecule has 3 rings (SSSR count). The maximum atomic E-state index is 12.7. The van der Waals surface area contributed by atoms with Gasteiger partial charge in [-0.1, -0.05) is 50.2 Å². The predicted molar refractivity (Wildman–Crippen MR) is 88.2 cm³/mol. The van der Waals surface area contributed by atoms with Gasteiger partial charge in [-0.05, 0) is 12.1 Å². The monoisotopic (exact) mass is 311 g/mol. The maximum Gasteiger partial charge on any atom is 0.142 e. The molecule has 0 aliphatic carbocycles. The van der Waals surface area contributed by atoms with Crippen molar-refractivity contribution in [3.8, 4) is 11.5 Å². The van der Waals surface area contributed by atoms with Crippen LogP contribution >= 0.6 is 0 Å². The molecule has 23 heavy (non-hydrogen) atoms. The van der Waals surface area contributed by atoms with E-state index in [4.69, 9.17) is 0 Å². The van der Waals surface area contributed by atoms with E-state index in [1.165, 1.54) is 0 Å². The van der Waals surface area contributed by atoms with Gasteiger partial charge < -0.3 is 15.5 Å². The predicted octanol–water partition coefficient (Wildman–Crippen LogP) is 3.32. The Balaban J connectivity index is 2.02. The van der Waals surface area contributed by atoms with E-state index in [9.17, 15) is 15.0 Å². The van der Waals surface area contributed by atoms with Gasteiger partial charge in [-0.15, -0.1) is 0 Å². The Kier molecular flexibility index (Phi) is 4.09. The molecule has 0 aromatic heterocycles. The summed E-state index contributed by atoms with van der Waals surface area (Å²) in [5.74, 6) is -0.0171. The van der Waals surface area contributed by atoms with Gasteiger partial charge in [-0.3, -0.25) is 4.79 Å². The Bertz CT molecular complexity index is 669. The third-order valence-corrected chi connectivity index (χ3v) is 4.80. The maximum absolute atomic E-state index is 12.7. The van der Waals surface area contributed by atoms with Gasteiger partial charge in [0.25, 0.3) is 0 Å². The van der Waals surface area contributed by atoms with Gasteiger partial charge in [-0.2, -0.15) is 0 Å². The fraction of sp³-hybridized carbons (Fsp3) is 0.316. The summed E-state index contributed by atoms with van der Waals surface area (Å²) in [6.45, 7) is 3.76. The first-order chi connectivity index (χ1) is 11.0. The van der Waals surface area contributed by atoms with Crippen LogP contribution in [0.25, 0.3) is 0 Å². The summed E-state index contributed by atoms with van der Waals surface area (Å²) in [7, 11) is 0. The van der Waals surface area contributed by atoms with Crippen LogP contribution in [-0.4, -0.2) is 16.0 Å². The summed E-state index contributed by atoms with van der Waals surface area (Å²) in [6, 6.07) is 13.6. The lowest BCUT2D eigenvalue weighted by molar-refractivity contribution is -0.130. The molecule has 1 saturated heterocycles. The van der Waals surface area contributed by atoms with E-state index >= 15 is 0 Å². The van der Waals surface area contributed by atoms with Gasteiger partial charge in [0.15, 0.2) is 0 Å². The van der Waals surface area contributed by atoms with Crippen molar-refractivity contribution in [2.75, 3.05) is 0 Å². The zero-order valence-electron chi connectivity index (χ0n) is 13.2. The van der Waals surface area contributed by atoms with Crippen LogP contribution in [0.4, 0.5) is 0 Å². The van der Waals surface area contributed by atoms with Crippen LogP contribution in [0, 0.1) is 11.8 Å². The molecule has 1 fully saturated rings. The number of ketones is 1. The second-order valence-corrected chi connectivity index (χ2v) is 6.22. The third kappa shape index (κ3) is 2.70. The average molecular weight is 311 g/mol. The number of carbonyl (C=O) groups excluding carboxylic acids is 1. The lowest BCUT2D eigenvalue weighted by atomic mass is 9.76. The van der Waals surface area contributed by atoms with Crippen LogP contribution in [0.3, 0.4) is 0 Å². The van der Waals surface area contributed by atoms with Crippen molar-refractivity contribution in [2.24, 2.45) is 11.8 Å². The molecule has 2 aromatic rings. The smallest absolute Gasteiger partial charge is 0.142 e. The van der Waals surface area contributed by atoms with Crippen LogP contribution in [-0.2, 0) is 4.79 Å². The number of para-hydroxylation sites is 2. The second kappa shape index (κ2) is 6.05. The number of benzene rings is 2. The Morgan fingerprint density at radius 3 is 1.57 bits per heavy atom. The summed E-state index contributed by atoms with van der Waals surface area (Å²) in [6.07, 6.45) is 0. The number of Topliss-reactive ketones (excluding diaryl/α,β-unsaturated/α-hetero) is 1. The fourth-order valence-corrected chi connectivity index (χ4v) is 3.44. The molecule has 0 amide bonds. The molecule has 0 unspecified atom stereocenters. The summed E-state index contributed by atoms with van der Waals surface area (Å²) >= 11 is 0. The first-order valence-electron chi connectivity index (χ1n) is 7.86. The number of hydrogen-bond acceptors (Lipinski definition) is 4. The van der Waals surface area contributed by atoms with Gasteiger partial charge in [-0.25, -0.2) is 0 Å². The fourth-order valence-electron chi connectivity index (χ4n) is 3.44. The van der Waals surface area contributed by atoms with E-state index < -0.39 is 0 Å². The van der Waals surface area contributed by atoms with E-state index in [-0.39, 0.29) is 41.2 Å². The normalized spacial score (nSPS) is 27.8. The van der Waals surface area contributed by atoms with Crippen LogP contribution in [0.2, 0.25) is 0 Å². The van der Waals surface area contributed by atoms with E-state index in [1.807, 2.05) is 38.1 Å². The highest BCUT2D eigenvalue weighted by atomic mass is 16.3. The molecule has 2 aromatic carbocycles. The highest BCUT2D eigenvalue weighted by Gasteiger charge is 2.41. The Morgan fingerprint density at radius 1 is 0.783 bits per heavy atom. The molecule has 3 N–H and O–H groups in total. The molecule has 0 saturated carbocycles. The Hall–Kier alpha value is -2.33. The molecule has 0 bridgehead atoms. The van der Waals surface area contributed by atoms with E-state index in [2.05, 4.69) is 5.32 Å². The molecule has 0 spiro atoms. The third-order valence-electron chi connectivity index (χ3n) is 4.80. The van der Waals surface area contributed by atoms with Crippen molar-refractivity contribution in [3.05, 3.63) is 59.7 Å². The molecule has 4 heteroatoms. The lowest BCUT2D eigenvalue weighted by Gasteiger charge is -2.39. The van der Waals surface area contributed by atoms with Gasteiger partial charge in [0.05, 0.1) is 0 Å².